The van der Waals surface area contributed by atoms with E-state index in [4.69, 9.17) is 0 Å². The highest BCUT2D eigenvalue weighted by molar-refractivity contribution is 5.91. The molecule has 1 amide bonds. The summed E-state index contributed by atoms with van der Waals surface area (Å²) in [7, 11) is 0. The van der Waals surface area contributed by atoms with E-state index in [0.717, 1.165) is 11.3 Å². The summed E-state index contributed by atoms with van der Waals surface area (Å²) in [5.74, 6) is -0.0926. The highest BCUT2D eigenvalue weighted by Gasteiger charge is 1.98. The minimum Gasteiger partial charge on any atom is -0.353 e. The van der Waals surface area contributed by atoms with Gasteiger partial charge in [0.15, 0.2) is 0 Å². The molecular formula is C14H15N3O. The molecule has 0 bridgehead atoms. The van der Waals surface area contributed by atoms with Crippen molar-refractivity contribution in [3.8, 4) is 5.69 Å². The number of para-hydroxylation sites is 1. The second kappa shape index (κ2) is 5.82. The maximum Gasteiger partial charge on any atom is 0.243 e. The molecule has 0 aliphatic rings. The van der Waals surface area contributed by atoms with Gasteiger partial charge in [-0.3, -0.25) is 4.79 Å². The Hall–Kier alpha value is -2.36. The number of rotatable bonds is 4. The van der Waals surface area contributed by atoms with Crippen LogP contribution in [0.1, 0.15) is 12.5 Å². The average Bonchev–Trinajstić information content (AvgIpc) is 2.87. The van der Waals surface area contributed by atoms with Crippen LogP contribution in [-0.2, 0) is 4.79 Å². The van der Waals surface area contributed by atoms with Gasteiger partial charge in [-0.25, -0.2) is 4.68 Å². The van der Waals surface area contributed by atoms with Crippen LogP contribution in [0.5, 0.6) is 0 Å². The number of carbonyl (C=O) groups is 1. The van der Waals surface area contributed by atoms with Crippen molar-refractivity contribution in [3.63, 3.8) is 0 Å². The first-order valence-electron chi connectivity index (χ1n) is 5.85. The Bertz CT molecular complexity index is 543. The second-order valence-electron chi connectivity index (χ2n) is 3.78. The fraction of sp³-hybridized carbons (Fsp3) is 0.143. The zero-order chi connectivity index (χ0) is 12.8. The number of nitrogens with one attached hydrogen (secondary N) is 1. The molecule has 0 atom stereocenters. The first kappa shape index (κ1) is 12.1. The molecule has 0 aliphatic heterocycles. The number of hydrogen-bond donors (Lipinski definition) is 1. The zero-order valence-electron chi connectivity index (χ0n) is 10.2. The lowest BCUT2D eigenvalue weighted by Gasteiger charge is -1.98. The van der Waals surface area contributed by atoms with Gasteiger partial charge in [0.05, 0.1) is 11.9 Å². The van der Waals surface area contributed by atoms with Crippen molar-refractivity contribution >= 4 is 12.0 Å². The van der Waals surface area contributed by atoms with E-state index >= 15 is 0 Å². The van der Waals surface area contributed by atoms with Crippen molar-refractivity contribution < 1.29 is 4.79 Å². The minimum atomic E-state index is -0.0926. The van der Waals surface area contributed by atoms with Gasteiger partial charge in [0.25, 0.3) is 0 Å². The predicted molar refractivity (Wildman–Crippen MR) is 71.3 cm³/mol. The van der Waals surface area contributed by atoms with Gasteiger partial charge in [0.1, 0.15) is 0 Å². The van der Waals surface area contributed by atoms with E-state index in [0.29, 0.717) is 6.54 Å². The first-order chi connectivity index (χ1) is 8.79. The van der Waals surface area contributed by atoms with Crippen molar-refractivity contribution in [1.29, 1.82) is 0 Å². The molecule has 0 fully saturated rings. The van der Waals surface area contributed by atoms with Crippen molar-refractivity contribution in [2.24, 2.45) is 0 Å². The molecule has 92 valence electrons. The van der Waals surface area contributed by atoms with Gasteiger partial charge in [0, 0.05) is 24.4 Å². The lowest BCUT2D eigenvalue weighted by atomic mass is 10.3. The van der Waals surface area contributed by atoms with E-state index in [1.54, 1.807) is 17.0 Å². The van der Waals surface area contributed by atoms with Crippen molar-refractivity contribution in [1.82, 2.24) is 15.1 Å². The molecule has 0 radical (unpaired) electrons. The topological polar surface area (TPSA) is 46.9 Å². The van der Waals surface area contributed by atoms with Crippen molar-refractivity contribution in [3.05, 3.63) is 54.4 Å². The third-order valence-electron chi connectivity index (χ3n) is 2.40. The average molecular weight is 241 g/mol. The standard InChI is InChI=1S/C14H15N3O/c1-2-15-14(18)9-8-12-10-16-17(11-12)13-6-4-3-5-7-13/h3-11H,2H2,1H3,(H,15,18)/b9-8+. The fourth-order valence-electron chi connectivity index (χ4n) is 1.55. The number of nitrogens with zero attached hydrogens (tertiary/aromatic N) is 2. The van der Waals surface area contributed by atoms with Crippen LogP contribution >= 0.6 is 0 Å². The Labute approximate surface area is 106 Å². The number of hydrogen-bond acceptors (Lipinski definition) is 2. The van der Waals surface area contributed by atoms with Gasteiger partial charge in [-0.05, 0) is 25.1 Å². The molecule has 1 aromatic carbocycles. The van der Waals surface area contributed by atoms with Crippen molar-refractivity contribution in [2.75, 3.05) is 6.54 Å². The molecule has 0 saturated heterocycles. The van der Waals surface area contributed by atoms with Crippen LogP contribution in [0, 0.1) is 0 Å². The summed E-state index contributed by atoms with van der Waals surface area (Å²) in [6, 6.07) is 9.83. The monoisotopic (exact) mass is 241 g/mol. The van der Waals surface area contributed by atoms with E-state index < -0.39 is 0 Å². The molecule has 0 aliphatic carbocycles. The van der Waals surface area contributed by atoms with Gasteiger partial charge in [0.2, 0.25) is 5.91 Å². The molecule has 2 aromatic rings. The Morgan fingerprint density at radius 2 is 2.17 bits per heavy atom. The number of carbonyl (C=O) groups excluding carboxylic acids is 1. The van der Waals surface area contributed by atoms with Gasteiger partial charge < -0.3 is 5.32 Å². The van der Waals surface area contributed by atoms with Crippen LogP contribution in [0.3, 0.4) is 0 Å². The molecule has 1 heterocycles. The molecule has 0 saturated carbocycles. The smallest absolute Gasteiger partial charge is 0.243 e. The number of amides is 1. The van der Waals surface area contributed by atoms with E-state index in [2.05, 4.69) is 10.4 Å². The maximum absolute atomic E-state index is 11.3. The highest BCUT2D eigenvalue weighted by Crippen LogP contribution is 2.08. The number of likely N-dealkylation sites (N-methyl/N-ethyl adjacent to an activating group) is 1. The van der Waals surface area contributed by atoms with Gasteiger partial charge in [-0.1, -0.05) is 18.2 Å². The molecular weight excluding hydrogens is 226 g/mol. The molecule has 1 aromatic heterocycles. The molecule has 4 heteroatoms. The van der Waals surface area contributed by atoms with E-state index in [9.17, 15) is 4.79 Å². The summed E-state index contributed by atoms with van der Waals surface area (Å²) in [6.45, 7) is 2.52. The van der Waals surface area contributed by atoms with Crippen LogP contribution in [-0.4, -0.2) is 22.2 Å². The van der Waals surface area contributed by atoms with Crippen LogP contribution in [0.25, 0.3) is 11.8 Å². The molecule has 0 unspecified atom stereocenters. The van der Waals surface area contributed by atoms with Crippen LogP contribution in [0.15, 0.2) is 48.8 Å². The highest BCUT2D eigenvalue weighted by atomic mass is 16.1. The largest absolute Gasteiger partial charge is 0.353 e. The zero-order valence-corrected chi connectivity index (χ0v) is 10.2. The minimum absolute atomic E-state index is 0.0926. The maximum atomic E-state index is 11.3. The molecule has 4 nitrogen and oxygen atoms in total. The predicted octanol–water partition coefficient (Wildman–Crippen LogP) is 2.02. The van der Waals surface area contributed by atoms with Crippen LogP contribution < -0.4 is 5.32 Å². The normalized spacial score (nSPS) is 10.7. The third-order valence-corrected chi connectivity index (χ3v) is 2.40. The van der Waals surface area contributed by atoms with Gasteiger partial charge in [-0.15, -0.1) is 0 Å². The van der Waals surface area contributed by atoms with Crippen LogP contribution in [0.4, 0.5) is 0 Å². The van der Waals surface area contributed by atoms with E-state index in [1.165, 1.54) is 6.08 Å². The summed E-state index contributed by atoms with van der Waals surface area (Å²) < 4.78 is 1.78. The van der Waals surface area contributed by atoms with E-state index in [1.807, 2.05) is 43.5 Å². The lowest BCUT2D eigenvalue weighted by molar-refractivity contribution is -0.116. The number of aromatic nitrogens is 2. The van der Waals surface area contributed by atoms with Crippen LogP contribution in [0.2, 0.25) is 0 Å². The van der Waals surface area contributed by atoms with Gasteiger partial charge in [-0.2, -0.15) is 5.10 Å². The third kappa shape index (κ3) is 3.07. The Balaban J connectivity index is 2.09. The Morgan fingerprint density at radius 1 is 1.39 bits per heavy atom. The SMILES string of the molecule is CCNC(=O)/C=C/c1cnn(-c2ccccc2)c1. The summed E-state index contributed by atoms with van der Waals surface area (Å²) in [5.41, 5.74) is 1.89. The Kier molecular flexibility index (Phi) is 3.91. The first-order valence-corrected chi connectivity index (χ1v) is 5.85. The number of benzene rings is 1. The summed E-state index contributed by atoms with van der Waals surface area (Å²) in [4.78, 5) is 11.3. The molecule has 2 rings (SSSR count). The quantitative estimate of drug-likeness (QED) is 0.832. The summed E-state index contributed by atoms with van der Waals surface area (Å²) >= 11 is 0. The van der Waals surface area contributed by atoms with Gasteiger partial charge >= 0.3 is 0 Å². The fourth-order valence-corrected chi connectivity index (χ4v) is 1.55. The molecule has 0 spiro atoms. The molecule has 18 heavy (non-hydrogen) atoms. The summed E-state index contributed by atoms with van der Waals surface area (Å²) in [5, 5.41) is 6.95. The van der Waals surface area contributed by atoms with Crippen molar-refractivity contribution in [2.45, 2.75) is 6.92 Å². The lowest BCUT2D eigenvalue weighted by Crippen LogP contribution is -2.19. The second-order valence-corrected chi connectivity index (χ2v) is 3.78. The summed E-state index contributed by atoms with van der Waals surface area (Å²) in [6.07, 6.45) is 6.86. The van der Waals surface area contributed by atoms with E-state index in [-0.39, 0.29) is 5.91 Å². The molecule has 1 N–H and O–H groups in total. The Morgan fingerprint density at radius 3 is 2.89 bits per heavy atom.